The third kappa shape index (κ3) is 3.36. The van der Waals surface area contributed by atoms with Gasteiger partial charge in [0.2, 0.25) is 0 Å². The number of anilines is 1. The Bertz CT molecular complexity index is 628. The molecule has 0 aliphatic rings. The maximum Gasteiger partial charge on any atom is 0.251 e. The van der Waals surface area contributed by atoms with E-state index in [1.807, 2.05) is 31.2 Å². The molecular formula is C15H14BrFN2O. The zero-order valence-electron chi connectivity index (χ0n) is 10.9. The first-order valence-corrected chi connectivity index (χ1v) is 6.88. The zero-order valence-corrected chi connectivity index (χ0v) is 12.4. The van der Waals surface area contributed by atoms with Crippen LogP contribution in [-0.4, -0.2) is 5.91 Å². The van der Waals surface area contributed by atoms with Crippen LogP contribution in [0.5, 0.6) is 0 Å². The molecule has 104 valence electrons. The van der Waals surface area contributed by atoms with Crippen LogP contribution in [0.1, 0.15) is 28.9 Å². The van der Waals surface area contributed by atoms with E-state index in [1.54, 1.807) is 0 Å². The number of hydrogen-bond donors (Lipinski definition) is 2. The van der Waals surface area contributed by atoms with Crippen molar-refractivity contribution in [2.24, 2.45) is 0 Å². The van der Waals surface area contributed by atoms with E-state index in [2.05, 4.69) is 21.2 Å². The van der Waals surface area contributed by atoms with Crippen LogP contribution in [-0.2, 0) is 0 Å². The number of nitrogens with one attached hydrogen (secondary N) is 1. The molecule has 3 nitrogen and oxygen atoms in total. The molecule has 2 rings (SSSR count). The lowest BCUT2D eigenvalue weighted by molar-refractivity contribution is 0.0939. The molecule has 0 heterocycles. The Morgan fingerprint density at radius 2 is 1.90 bits per heavy atom. The fourth-order valence-electron chi connectivity index (χ4n) is 1.78. The average molecular weight is 337 g/mol. The van der Waals surface area contributed by atoms with Gasteiger partial charge in [0.1, 0.15) is 5.82 Å². The molecule has 3 N–H and O–H groups in total. The van der Waals surface area contributed by atoms with Crippen LogP contribution >= 0.6 is 15.9 Å². The van der Waals surface area contributed by atoms with Gasteiger partial charge in [-0.05, 0) is 42.8 Å². The Kier molecular flexibility index (Phi) is 4.39. The Hall–Kier alpha value is -1.88. The van der Waals surface area contributed by atoms with E-state index in [4.69, 9.17) is 5.73 Å². The number of halogens is 2. The molecule has 0 fully saturated rings. The number of nitrogens with two attached hydrogens (primary N) is 1. The van der Waals surface area contributed by atoms with Crippen LogP contribution in [0.15, 0.2) is 46.9 Å². The molecular weight excluding hydrogens is 323 g/mol. The molecule has 1 unspecified atom stereocenters. The van der Waals surface area contributed by atoms with Gasteiger partial charge in [-0.2, -0.15) is 0 Å². The van der Waals surface area contributed by atoms with Gasteiger partial charge in [0.05, 0.1) is 11.7 Å². The molecule has 5 heteroatoms. The van der Waals surface area contributed by atoms with Crippen molar-refractivity contribution in [2.75, 3.05) is 5.73 Å². The molecule has 1 atom stereocenters. The Morgan fingerprint density at radius 1 is 1.25 bits per heavy atom. The predicted octanol–water partition coefficient (Wildman–Crippen LogP) is 3.66. The summed E-state index contributed by atoms with van der Waals surface area (Å²) in [7, 11) is 0. The first-order valence-electron chi connectivity index (χ1n) is 6.08. The minimum Gasteiger partial charge on any atom is -0.396 e. The van der Waals surface area contributed by atoms with E-state index in [1.165, 1.54) is 12.1 Å². The number of hydrogen-bond acceptors (Lipinski definition) is 2. The predicted molar refractivity (Wildman–Crippen MR) is 80.8 cm³/mol. The number of amides is 1. The molecule has 0 bridgehead atoms. The second-order valence-corrected chi connectivity index (χ2v) is 5.40. The average Bonchev–Trinajstić information content (AvgIpc) is 2.42. The number of carbonyl (C=O) groups excluding carboxylic acids is 1. The van der Waals surface area contributed by atoms with E-state index in [0.29, 0.717) is 0 Å². The maximum atomic E-state index is 13.3. The highest BCUT2D eigenvalue weighted by atomic mass is 79.9. The monoisotopic (exact) mass is 336 g/mol. The van der Waals surface area contributed by atoms with Crippen LogP contribution in [0.2, 0.25) is 0 Å². The van der Waals surface area contributed by atoms with Gasteiger partial charge in [-0.25, -0.2) is 4.39 Å². The number of nitrogen functional groups attached to an aromatic ring is 1. The SMILES string of the molecule is CC(NC(=O)c1ccc(N)c(F)c1)c1ccc(Br)cc1. The number of benzene rings is 2. The molecule has 0 radical (unpaired) electrons. The highest BCUT2D eigenvalue weighted by molar-refractivity contribution is 9.10. The molecule has 2 aromatic rings. The van der Waals surface area contributed by atoms with Crippen molar-refractivity contribution >= 4 is 27.5 Å². The summed E-state index contributed by atoms with van der Waals surface area (Å²) in [4.78, 5) is 12.0. The van der Waals surface area contributed by atoms with Crippen LogP contribution in [0.3, 0.4) is 0 Å². The standard InChI is InChI=1S/C15H14BrFN2O/c1-9(10-2-5-12(16)6-3-10)19-15(20)11-4-7-14(18)13(17)8-11/h2-9H,18H2,1H3,(H,19,20). The second-order valence-electron chi connectivity index (χ2n) is 4.48. The topological polar surface area (TPSA) is 55.1 Å². The molecule has 0 saturated heterocycles. The molecule has 0 aliphatic heterocycles. The summed E-state index contributed by atoms with van der Waals surface area (Å²) in [5.74, 6) is -0.923. The van der Waals surface area contributed by atoms with Gasteiger partial charge in [-0.1, -0.05) is 28.1 Å². The summed E-state index contributed by atoms with van der Waals surface area (Å²) in [5, 5.41) is 2.82. The van der Waals surface area contributed by atoms with Gasteiger partial charge in [0.25, 0.3) is 5.91 Å². The molecule has 1 amide bonds. The fourth-order valence-corrected chi connectivity index (χ4v) is 2.05. The quantitative estimate of drug-likeness (QED) is 0.840. The van der Waals surface area contributed by atoms with Gasteiger partial charge < -0.3 is 11.1 Å². The van der Waals surface area contributed by atoms with Crippen LogP contribution < -0.4 is 11.1 Å². The molecule has 0 spiro atoms. The van der Waals surface area contributed by atoms with Crippen LogP contribution in [0.4, 0.5) is 10.1 Å². The molecule has 20 heavy (non-hydrogen) atoms. The Morgan fingerprint density at radius 3 is 2.50 bits per heavy atom. The molecule has 0 aromatic heterocycles. The minimum atomic E-state index is -0.589. The summed E-state index contributed by atoms with van der Waals surface area (Å²) in [5.41, 5.74) is 6.63. The largest absolute Gasteiger partial charge is 0.396 e. The first kappa shape index (κ1) is 14.5. The van der Waals surface area contributed by atoms with Crippen LogP contribution in [0.25, 0.3) is 0 Å². The van der Waals surface area contributed by atoms with E-state index in [9.17, 15) is 9.18 Å². The van der Waals surface area contributed by atoms with E-state index in [-0.39, 0.29) is 23.2 Å². The maximum absolute atomic E-state index is 13.3. The van der Waals surface area contributed by atoms with Gasteiger partial charge in [-0.15, -0.1) is 0 Å². The lowest BCUT2D eigenvalue weighted by Crippen LogP contribution is -2.26. The Balaban J connectivity index is 2.10. The van der Waals surface area contributed by atoms with Gasteiger partial charge in [-0.3, -0.25) is 4.79 Å². The minimum absolute atomic E-state index is 0.0301. The van der Waals surface area contributed by atoms with Crippen LogP contribution in [0, 0.1) is 5.82 Å². The van der Waals surface area contributed by atoms with Crippen molar-refractivity contribution in [2.45, 2.75) is 13.0 Å². The lowest BCUT2D eigenvalue weighted by atomic mass is 10.1. The molecule has 0 saturated carbocycles. The van der Waals surface area contributed by atoms with Gasteiger partial charge >= 0.3 is 0 Å². The summed E-state index contributed by atoms with van der Waals surface area (Å²) in [6, 6.07) is 11.5. The van der Waals surface area contributed by atoms with Crippen molar-refractivity contribution in [3.05, 3.63) is 63.9 Å². The summed E-state index contributed by atoms with van der Waals surface area (Å²) in [6.07, 6.45) is 0. The van der Waals surface area contributed by atoms with Crippen molar-refractivity contribution in [1.29, 1.82) is 0 Å². The van der Waals surface area contributed by atoms with Crippen molar-refractivity contribution in [1.82, 2.24) is 5.32 Å². The highest BCUT2D eigenvalue weighted by Gasteiger charge is 2.12. The van der Waals surface area contributed by atoms with Gasteiger partial charge in [0, 0.05) is 10.0 Å². The Labute approximate surface area is 125 Å². The van der Waals surface area contributed by atoms with Crippen molar-refractivity contribution in [3.8, 4) is 0 Å². The normalized spacial score (nSPS) is 11.9. The third-order valence-electron chi connectivity index (χ3n) is 2.98. The third-order valence-corrected chi connectivity index (χ3v) is 3.51. The molecule has 0 aliphatic carbocycles. The zero-order chi connectivity index (χ0) is 14.7. The van der Waals surface area contributed by atoms with E-state index < -0.39 is 5.82 Å². The highest BCUT2D eigenvalue weighted by Crippen LogP contribution is 2.18. The smallest absolute Gasteiger partial charge is 0.251 e. The first-order chi connectivity index (χ1) is 9.47. The fraction of sp³-hybridized carbons (Fsp3) is 0.133. The summed E-state index contributed by atoms with van der Waals surface area (Å²) >= 11 is 3.36. The summed E-state index contributed by atoms with van der Waals surface area (Å²) < 4.78 is 14.3. The number of rotatable bonds is 3. The second kappa shape index (κ2) is 6.05. The number of carbonyl (C=O) groups is 1. The molecule has 2 aromatic carbocycles. The van der Waals surface area contributed by atoms with Crippen molar-refractivity contribution in [3.63, 3.8) is 0 Å². The van der Waals surface area contributed by atoms with Crippen molar-refractivity contribution < 1.29 is 9.18 Å². The van der Waals surface area contributed by atoms with E-state index in [0.717, 1.165) is 16.1 Å². The van der Waals surface area contributed by atoms with E-state index >= 15 is 0 Å². The lowest BCUT2D eigenvalue weighted by Gasteiger charge is -2.14. The summed E-state index contributed by atoms with van der Waals surface area (Å²) in [6.45, 7) is 1.87. The van der Waals surface area contributed by atoms with Gasteiger partial charge in [0.15, 0.2) is 0 Å².